The molecule has 1 aliphatic rings. The summed E-state index contributed by atoms with van der Waals surface area (Å²) in [6.07, 6.45) is 0.678. The molecular weight excluding hydrogens is 244 g/mol. The van der Waals surface area contributed by atoms with E-state index in [2.05, 4.69) is 11.4 Å². The summed E-state index contributed by atoms with van der Waals surface area (Å²) in [6, 6.07) is 9.44. The van der Waals surface area contributed by atoms with Crippen LogP contribution in [0.5, 0.6) is 0 Å². The number of carboxylic acids is 1. The minimum atomic E-state index is -0.880. The Hall–Kier alpha value is -1.90. The van der Waals surface area contributed by atoms with Gasteiger partial charge >= 0.3 is 5.97 Å². The number of nitrogens with zero attached hydrogens (tertiary/aromatic N) is 1. The molecule has 0 aromatic heterocycles. The van der Waals surface area contributed by atoms with Gasteiger partial charge in [-0.05, 0) is 30.5 Å². The van der Waals surface area contributed by atoms with E-state index >= 15 is 0 Å². The molecule has 0 amide bonds. The van der Waals surface area contributed by atoms with E-state index < -0.39 is 12.1 Å². The predicted molar refractivity (Wildman–Crippen MR) is 68.4 cm³/mol. The Bertz CT molecular complexity index is 478. The molecular formula is C14H16N2O3. The second-order valence-corrected chi connectivity index (χ2v) is 4.60. The van der Waals surface area contributed by atoms with Crippen LogP contribution in [0.25, 0.3) is 0 Å². The van der Waals surface area contributed by atoms with Gasteiger partial charge in [-0.25, -0.2) is 4.79 Å². The maximum absolute atomic E-state index is 10.7. The lowest BCUT2D eigenvalue weighted by atomic mass is 10.1. The van der Waals surface area contributed by atoms with Crippen LogP contribution in [0.1, 0.15) is 24.0 Å². The molecule has 0 bridgehead atoms. The highest BCUT2D eigenvalue weighted by molar-refractivity contribution is 5.72. The number of carbonyl (C=O) groups is 1. The standard InChI is InChI=1S/C14H16N2O3/c15-7-10-1-3-11(4-2-10)8-16-9-12-5-6-13(19-12)14(17)18/h1-4,12-13,16H,5-6,8-9H2,(H,17,18). The molecule has 2 unspecified atom stereocenters. The van der Waals surface area contributed by atoms with Crippen molar-refractivity contribution in [1.82, 2.24) is 5.32 Å². The van der Waals surface area contributed by atoms with Crippen molar-refractivity contribution in [2.75, 3.05) is 6.54 Å². The van der Waals surface area contributed by atoms with Crippen molar-refractivity contribution in [3.63, 3.8) is 0 Å². The van der Waals surface area contributed by atoms with Gasteiger partial charge in [0.1, 0.15) is 0 Å². The zero-order valence-corrected chi connectivity index (χ0v) is 10.5. The molecule has 1 saturated heterocycles. The molecule has 2 rings (SSSR count). The third kappa shape index (κ3) is 3.78. The molecule has 2 N–H and O–H groups in total. The van der Waals surface area contributed by atoms with Gasteiger partial charge in [-0.2, -0.15) is 5.26 Å². The SMILES string of the molecule is N#Cc1ccc(CNCC2CCC(C(=O)O)O2)cc1. The summed E-state index contributed by atoms with van der Waals surface area (Å²) < 4.78 is 5.39. The van der Waals surface area contributed by atoms with E-state index in [1.807, 2.05) is 12.1 Å². The summed E-state index contributed by atoms with van der Waals surface area (Å²) in [5.74, 6) is -0.880. The van der Waals surface area contributed by atoms with Gasteiger partial charge in [0.15, 0.2) is 6.10 Å². The molecule has 0 radical (unpaired) electrons. The normalized spacial score (nSPS) is 22.1. The van der Waals surface area contributed by atoms with Crippen molar-refractivity contribution < 1.29 is 14.6 Å². The van der Waals surface area contributed by atoms with E-state index in [1.165, 1.54) is 0 Å². The van der Waals surface area contributed by atoms with Gasteiger partial charge in [0.2, 0.25) is 0 Å². The van der Waals surface area contributed by atoms with Gasteiger partial charge in [-0.15, -0.1) is 0 Å². The van der Waals surface area contributed by atoms with Crippen LogP contribution in [0.15, 0.2) is 24.3 Å². The first kappa shape index (κ1) is 13.5. The van der Waals surface area contributed by atoms with Gasteiger partial charge in [0, 0.05) is 13.1 Å². The third-order valence-electron chi connectivity index (χ3n) is 3.17. The van der Waals surface area contributed by atoms with Crippen molar-refractivity contribution in [3.8, 4) is 6.07 Å². The van der Waals surface area contributed by atoms with Crippen molar-refractivity contribution in [2.24, 2.45) is 0 Å². The highest BCUT2D eigenvalue weighted by atomic mass is 16.5. The molecule has 1 aromatic carbocycles. The van der Waals surface area contributed by atoms with Gasteiger partial charge in [0.25, 0.3) is 0 Å². The van der Waals surface area contributed by atoms with Crippen molar-refractivity contribution >= 4 is 5.97 Å². The summed E-state index contributed by atoms with van der Waals surface area (Å²) in [5.41, 5.74) is 1.74. The molecule has 0 aliphatic carbocycles. The highest BCUT2D eigenvalue weighted by Crippen LogP contribution is 2.19. The Labute approximate surface area is 111 Å². The Balaban J connectivity index is 1.72. The topological polar surface area (TPSA) is 82.4 Å². The van der Waals surface area contributed by atoms with Crippen LogP contribution in [0.2, 0.25) is 0 Å². The minimum Gasteiger partial charge on any atom is -0.479 e. The molecule has 5 nitrogen and oxygen atoms in total. The molecule has 1 fully saturated rings. The Kier molecular flexibility index (Phi) is 4.50. The Morgan fingerprint density at radius 1 is 1.42 bits per heavy atom. The maximum atomic E-state index is 10.7. The Morgan fingerprint density at radius 3 is 2.74 bits per heavy atom. The largest absolute Gasteiger partial charge is 0.479 e. The van der Waals surface area contributed by atoms with E-state index in [4.69, 9.17) is 15.1 Å². The maximum Gasteiger partial charge on any atom is 0.332 e. The number of carboxylic acid groups (broad SMARTS) is 1. The second-order valence-electron chi connectivity index (χ2n) is 4.60. The quantitative estimate of drug-likeness (QED) is 0.833. The molecule has 1 aliphatic heterocycles. The number of nitrogens with one attached hydrogen (secondary N) is 1. The number of ether oxygens (including phenoxy) is 1. The second kappa shape index (κ2) is 6.32. The minimum absolute atomic E-state index is 0.0283. The van der Waals surface area contributed by atoms with E-state index in [0.29, 0.717) is 25.1 Å². The lowest BCUT2D eigenvalue weighted by Crippen LogP contribution is -2.28. The van der Waals surface area contributed by atoms with E-state index in [-0.39, 0.29) is 6.10 Å². The van der Waals surface area contributed by atoms with Crippen LogP contribution in [0.4, 0.5) is 0 Å². The summed E-state index contributed by atoms with van der Waals surface area (Å²) in [4.78, 5) is 10.7. The van der Waals surface area contributed by atoms with Gasteiger partial charge in [0.05, 0.1) is 17.7 Å². The van der Waals surface area contributed by atoms with Gasteiger partial charge < -0.3 is 15.2 Å². The van der Waals surface area contributed by atoms with Gasteiger partial charge in [-0.1, -0.05) is 12.1 Å². The molecule has 1 heterocycles. The zero-order valence-electron chi connectivity index (χ0n) is 10.5. The lowest BCUT2D eigenvalue weighted by molar-refractivity contribution is -0.149. The summed E-state index contributed by atoms with van der Waals surface area (Å²) in [7, 11) is 0. The average molecular weight is 260 g/mol. The lowest BCUT2D eigenvalue weighted by Gasteiger charge is -2.12. The molecule has 0 spiro atoms. The number of hydrogen-bond donors (Lipinski definition) is 2. The van der Waals surface area contributed by atoms with Crippen LogP contribution in [0.3, 0.4) is 0 Å². The Morgan fingerprint density at radius 2 is 2.16 bits per heavy atom. The summed E-state index contributed by atoms with van der Waals surface area (Å²) >= 11 is 0. The smallest absolute Gasteiger partial charge is 0.332 e. The monoisotopic (exact) mass is 260 g/mol. The highest BCUT2D eigenvalue weighted by Gasteiger charge is 2.29. The van der Waals surface area contributed by atoms with Crippen LogP contribution in [-0.2, 0) is 16.1 Å². The fraction of sp³-hybridized carbons (Fsp3) is 0.429. The number of nitriles is 1. The molecule has 1 aromatic rings. The van der Waals surface area contributed by atoms with E-state index in [9.17, 15) is 4.79 Å². The zero-order chi connectivity index (χ0) is 13.7. The fourth-order valence-electron chi connectivity index (χ4n) is 2.11. The first-order valence-electron chi connectivity index (χ1n) is 6.27. The number of rotatable bonds is 5. The van der Waals surface area contributed by atoms with Crippen LogP contribution >= 0.6 is 0 Å². The molecule has 100 valence electrons. The fourth-order valence-corrected chi connectivity index (χ4v) is 2.11. The first-order valence-corrected chi connectivity index (χ1v) is 6.27. The van der Waals surface area contributed by atoms with E-state index in [0.717, 1.165) is 12.0 Å². The number of benzene rings is 1. The average Bonchev–Trinajstić information content (AvgIpc) is 2.89. The summed E-state index contributed by atoms with van der Waals surface area (Å²) in [5, 5.41) is 20.7. The number of hydrogen-bond acceptors (Lipinski definition) is 4. The molecule has 5 heteroatoms. The van der Waals surface area contributed by atoms with Crippen molar-refractivity contribution in [2.45, 2.75) is 31.6 Å². The van der Waals surface area contributed by atoms with Crippen LogP contribution < -0.4 is 5.32 Å². The van der Waals surface area contributed by atoms with Crippen LogP contribution in [-0.4, -0.2) is 29.8 Å². The number of aliphatic carboxylic acids is 1. The summed E-state index contributed by atoms with van der Waals surface area (Å²) in [6.45, 7) is 1.33. The third-order valence-corrected chi connectivity index (χ3v) is 3.17. The molecule has 19 heavy (non-hydrogen) atoms. The van der Waals surface area contributed by atoms with Crippen molar-refractivity contribution in [3.05, 3.63) is 35.4 Å². The van der Waals surface area contributed by atoms with Crippen LogP contribution in [0, 0.1) is 11.3 Å². The van der Waals surface area contributed by atoms with E-state index in [1.54, 1.807) is 12.1 Å². The van der Waals surface area contributed by atoms with Gasteiger partial charge in [-0.3, -0.25) is 0 Å². The molecule has 0 saturated carbocycles. The predicted octanol–water partition coefficient (Wildman–Crippen LogP) is 1.28. The van der Waals surface area contributed by atoms with Crippen molar-refractivity contribution in [1.29, 1.82) is 5.26 Å². The first-order chi connectivity index (χ1) is 9.19. The molecule has 2 atom stereocenters.